The Labute approximate surface area is 183 Å². The monoisotopic (exact) mass is 425 g/mol. The zero-order valence-electron chi connectivity index (χ0n) is 17.0. The Morgan fingerprint density at radius 2 is 1.58 bits per heavy atom. The highest BCUT2D eigenvalue weighted by molar-refractivity contribution is 7.19. The number of carbonyl (C=O) groups excluding carboxylic acids is 1. The van der Waals surface area contributed by atoms with Gasteiger partial charge in [-0.3, -0.25) is 4.79 Å². The maximum absolute atomic E-state index is 12.9. The minimum Gasteiger partial charge on any atom is -0.322 e. The number of benzene rings is 3. The SMILES string of the molecule is Cc1ccc(-c2nn3c(C)nnc3s2)cc1NC(=O)c1ccc(-c2ccccc2)cc1. The van der Waals surface area contributed by atoms with Crippen molar-refractivity contribution in [2.75, 3.05) is 5.32 Å². The summed E-state index contributed by atoms with van der Waals surface area (Å²) in [6.45, 7) is 3.84. The summed E-state index contributed by atoms with van der Waals surface area (Å²) in [5.74, 6) is 0.603. The average Bonchev–Trinajstić information content (AvgIpc) is 3.38. The van der Waals surface area contributed by atoms with Crippen molar-refractivity contribution in [1.29, 1.82) is 0 Å². The summed E-state index contributed by atoms with van der Waals surface area (Å²) in [5, 5.41) is 16.6. The zero-order chi connectivity index (χ0) is 21.4. The minimum atomic E-state index is -0.145. The molecule has 5 aromatic rings. The molecule has 0 spiro atoms. The summed E-state index contributed by atoms with van der Waals surface area (Å²) in [4.78, 5) is 13.6. The van der Waals surface area contributed by atoms with E-state index < -0.39 is 0 Å². The molecular weight excluding hydrogens is 406 g/mol. The zero-order valence-corrected chi connectivity index (χ0v) is 17.9. The molecule has 3 aromatic carbocycles. The van der Waals surface area contributed by atoms with Crippen LogP contribution in [0.15, 0.2) is 72.8 Å². The predicted molar refractivity (Wildman–Crippen MR) is 123 cm³/mol. The molecule has 1 N–H and O–H groups in total. The van der Waals surface area contributed by atoms with E-state index in [1.807, 2.05) is 74.5 Å². The molecule has 2 heterocycles. The number of nitrogens with zero attached hydrogens (tertiary/aromatic N) is 4. The van der Waals surface area contributed by atoms with Crippen LogP contribution < -0.4 is 5.32 Å². The van der Waals surface area contributed by atoms with Gasteiger partial charge in [-0.2, -0.15) is 9.61 Å². The van der Waals surface area contributed by atoms with Gasteiger partial charge in [0.1, 0.15) is 5.01 Å². The van der Waals surface area contributed by atoms with Crippen molar-refractivity contribution in [1.82, 2.24) is 19.8 Å². The lowest BCUT2D eigenvalue weighted by Crippen LogP contribution is -2.12. The van der Waals surface area contributed by atoms with Gasteiger partial charge in [0.2, 0.25) is 4.96 Å². The quantitative estimate of drug-likeness (QED) is 0.419. The first kappa shape index (κ1) is 19.1. The number of nitrogens with one attached hydrogen (secondary N) is 1. The summed E-state index contributed by atoms with van der Waals surface area (Å²) in [7, 11) is 0. The van der Waals surface area contributed by atoms with Crippen molar-refractivity contribution in [3.8, 4) is 21.7 Å². The van der Waals surface area contributed by atoms with Gasteiger partial charge in [-0.15, -0.1) is 10.2 Å². The number of amides is 1. The Hall–Kier alpha value is -3.84. The molecule has 0 atom stereocenters. The van der Waals surface area contributed by atoms with E-state index in [1.54, 1.807) is 4.52 Å². The molecule has 0 aliphatic rings. The molecule has 7 heteroatoms. The number of aryl methyl sites for hydroxylation is 2. The molecule has 1 amide bonds. The van der Waals surface area contributed by atoms with Crippen molar-refractivity contribution in [2.24, 2.45) is 0 Å². The molecule has 2 aromatic heterocycles. The molecule has 0 aliphatic carbocycles. The average molecular weight is 426 g/mol. The molecule has 6 nitrogen and oxygen atoms in total. The van der Waals surface area contributed by atoms with Gasteiger partial charge in [0.25, 0.3) is 5.91 Å². The van der Waals surface area contributed by atoms with E-state index in [0.29, 0.717) is 5.56 Å². The molecule has 0 fully saturated rings. The number of hydrogen-bond acceptors (Lipinski definition) is 5. The van der Waals surface area contributed by atoms with Crippen LogP contribution in [-0.2, 0) is 0 Å². The summed E-state index contributed by atoms with van der Waals surface area (Å²) in [6.07, 6.45) is 0. The summed E-state index contributed by atoms with van der Waals surface area (Å²) in [6, 6.07) is 23.7. The van der Waals surface area contributed by atoms with Gasteiger partial charge in [0.15, 0.2) is 5.82 Å². The number of hydrogen-bond donors (Lipinski definition) is 1. The lowest BCUT2D eigenvalue weighted by atomic mass is 10.0. The standard InChI is InChI=1S/C24H19N5OS/c1-15-8-9-20(23-28-29-16(2)26-27-24(29)31-23)14-21(15)25-22(30)19-12-10-18(11-13-19)17-6-4-3-5-7-17/h3-14H,1-2H3,(H,25,30). The summed E-state index contributed by atoms with van der Waals surface area (Å²) in [5.41, 5.74) is 5.48. The number of anilines is 1. The van der Waals surface area contributed by atoms with Crippen LogP contribution >= 0.6 is 11.3 Å². The van der Waals surface area contributed by atoms with Crippen LogP contribution in [0.25, 0.3) is 26.7 Å². The fourth-order valence-corrected chi connectivity index (χ4v) is 4.24. The van der Waals surface area contributed by atoms with Crippen LogP contribution in [0.1, 0.15) is 21.7 Å². The van der Waals surface area contributed by atoms with E-state index in [0.717, 1.165) is 43.7 Å². The van der Waals surface area contributed by atoms with Gasteiger partial charge in [0.05, 0.1) is 0 Å². The molecule has 5 rings (SSSR count). The first-order chi connectivity index (χ1) is 15.1. The fraction of sp³-hybridized carbons (Fsp3) is 0.0833. The third-order valence-corrected chi connectivity index (χ3v) is 6.08. The number of rotatable bonds is 4. The van der Waals surface area contributed by atoms with Crippen LogP contribution in [0.3, 0.4) is 0 Å². The van der Waals surface area contributed by atoms with Gasteiger partial charge in [0, 0.05) is 16.8 Å². The van der Waals surface area contributed by atoms with Crippen molar-refractivity contribution in [2.45, 2.75) is 13.8 Å². The lowest BCUT2D eigenvalue weighted by Gasteiger charge is -2.10. The topological polar surface area (TPSA) is 72.2 Å². The van der Waals surface area contributed by atoms with Crippen LogP contribution in [0.4, 0.5) is 5.69 Å². The predicted octanol–water partition coefficient (Wildman–Crippen LogP) is 5.39. The lowest BCUT2D eigenvalue weighted by molar-refractivity contribution is 0.102. The van der Waals surface area contributed by atoms with Crippen molar-refractivity contribution in [3.05, 3.63) is 89.7 Å². The first-order valence-corrected chi connectivity index (χ1v) is 10.7. The Bertz CT molecular complexity index is 1390. The maximum Gasteiger partial charge on any atom is 0.255 e. The largest absolute Gasteiger partial charge is 0.322 e. The number of carbonyl (C=O) groups is 1. The van der Waals surface area contributed by atoms with E-state index >= 15 is 0 Å². The number of fused-ring (bicyclic) bond motifs is 1. The van der Waals surface area contributed by atoms with E-state index in [9.17, 15) is 4.79 Å². The smallest absolute Gasteiger partial charge is 0.255 e. The Morgan fingerprint density at radius 1 is 0.871 bits per heavy atom. The van der Waals surface area contributed by atoms with Gasteiger partial charge in [-0.1, -0.05) is 65.9 Å². The minimum absolute atomic E-state index is 0.145. The molecule has 0 saturated heterocycles. The second-order valence-corrected chi connectivity index (χ2v) is 8.23. The van der Waals surface area contributed by atoms with E-state index in [2.05, 4.69) is 32.7 Å². The van der Waals surface area contributed by atoms with Gasteiger partial charge < -0.3 is 5.32 Å². The van der Waals surface area contributed by atoms with Gasteiger partial charge in [-0.25, -0.2) is 0 Å². The second kappa shape index (κ2) is 7.77. The molecular formula is C24H19N5OS. The highest BCUT2D eigenvalue weighted by Crippen LogP contribution is 2.29. The third kappa shape index (κ3) is 3.71. The van der Waals surface area contributed by atoms with Crippen molar-refractivity contribution in [3.63, 3.8) is 0 Å². The van der Waals surface area contributed by atoms with Gasteiger partial charge >= 0.3 is 0 Å². The molecule has 0 bridgehead atoms. The molecule has 0 aliphatic heterocycles. The third-order valence-electron chi connectivity index (χ3n) is 5.13. The maximum atomic E-state index is 12.9. The Morgan fingerprint density at radius 3 is 2.32 bits per heavy atom. The highest BCUT2D eigenvalue weighted by atomic mass is 32.1. The summed E-state index contributed by atoms with van der Waals surface area (Å²) < 4.78 is 1.73. The van der Waals surface area contributed by atoms with E-state index in [4.69, 9.17) is 0 Å². The summed E-state index contributed by atoms with van der Waals surface area (Å²) >= 11 is 1.47. The molecule has 0 radical (unpaired) electrons. The van der Waals surface area contributed by atoms with E-state index in [1.165, 1.54) is 11.3 Å². The Balaban J connectivity index is 1.39. The van der Waals surface area contributed by atoms with Crippen LogP contribution in [0.2, 0.25) is 0 Å². The first-order valence-electron chi connectivity index (χ1n) is 9.85. The number of aromatic nitrogens is 4. The Kier molecular flexibility index (Phi) is 4.80. The fourth-order valence-electron chi connectivity index (χ4n) is 3.36. The van der Waals surface area contributed by atoms with Gasteiger partial charge in [-0.05, 0) is 48.7 Å². The molecule has 31 heavy (non-hydrogen) atoms. The molecule has 0 unspecified atom stereocenters. The highest BCUT2D eigenvalue weighted by Gasteiger charge is 2.13. The second-order valence-electron chi connectivity index (χ2n) is 7.28. The van der Waals surface area contributed by atoms with Crippen molar-refractivity contribution < 1.29 is 4.79 Å². The molecule has 152 valence electrons. The normalized spacial score (nSPS) is 11.0. The van der Waals surface area contributed by atoms with E-state index in [-0.39, 0.29) is 5.91 Å². The van der Waals surface area contributed by atoms with Crippen molar-refractivity contribution >= 4 is 27.9 Å². The van der Waals surface area contributed by atoms with Crippen LogP contribution in [-0.4, -0.2) is 25.7 Å². The molecule has 0 saturated carbocycles. The van der Waals surface area contributed by atoms with Crippen LogP contribution in [0.5, 0.6) is 0 Å². The van der Waals surface area contributed by atoms with Crippen LogP contribution in [0, 0.1) is 13.8 Å².